The van der Waals surface area contributed by atoms with Crippen molar-refractivity contribution >= 4 is 11.3 Å². The van der Waals surface area contributed by atoms with Gasteiger partial charge in [-0.3, -0.25) is 0 Å². The van der Waals surface area contributed by atoms with E-state index >= 15 is 0 Å². The second-order valence-corrected chi connectivity index (χ2v) is 4.56. The zero-order valence-electron chi connectivity index (χ0n) is 11.0. The van der Waals surface area contributed by atoms with Crippen LogP contribution in [0.1, 0.15) is 11.3 Å². The van der Waals surface area contributed by atoms with Crippen LogP contribution >= 0.6 is 0 Å². The van der Waals surface area contributed by atoms with Gasteiger partial charge in [-0.15, -0.1) is 0 Å². The van der Waals surface area contributed by atoms with Crippen LogP contribution in [-0.2, 0) is 13.0 Å². The van der Waals surface area contributed by atoms with E-state index in [1.807, 2.05) is 54.9 Å². The Labute approximate surface area is 117 Å². The van der Waals surface area contributed by atoms with Crippen molar-refractivity contribution in [2.24, 2.45) is 0 Å². The standard InChI is InChI=1S/C16H14N4/c17-9-8-13-4-6-14(7-5-13)18-11-15-12-19-16-3-1-2-10-20(15)16/h1-7,10,12,18H,8,11H2. The Bertz CT molecular complexity index is 750. The highest BCUT2D eigenvalue weighted by Gasteiger charge is 2.02. The van der Waals surface area contributed by atoms with Crippen LogP contribution in [0, 0.1) is 11.3 Å². The van der Waals surface area contributed by atoms with Crippen molar-refractivity contribution in [2.45, 2.75) is 13.0 Å². The summed E-state index contributed by atoms with van der Waals surface area (Å²) in [5, 5.41) is 12.0. The molecular formula is C16H14N4. The van der Waals surface area contributed by atoms with E-state index in [-0.39, 0.29) is 0 Å². The molecule has 0 aliphatic carbocycles. The van der Waals surface area contributed by atoms with Gasteiger partial charge in [-0.05, 0) is 29.8 Å². The van der Waals surface area contributed by atoms with Crippen LogP contribution in [-0.4, -0.2) is 9.38 Å². The largest absolute Gasteiger partial charge is 0.379 e. The van der Waals surface area contributed by atoms with E-state index in [1.165, 1.54) is 0 Å². The minimum Gasteiger partial charge on any atom is -0.379 e. The van der Waals surface area contributed by atoms with E-state index in [2.05, 4.69) is 20.8 Å². The van der Waals surface area contributed by atoms with Crippen LogP contribution < -0.4 is 5.32 Å². The Hall–Kier alpha value is -2.80. The van der Waals surface area contributed by atoms with E-state index in [1.54, 1.807) is 0 Å². The normalized spacial score (nSPS) is 10.3. The van der Waals surface area contributed by atoms with Crippen LogP contribution in [0.4, 0.5) is 5.69 Å². The lowest BCUT2D eigenvalue weighted by Crippen LogP contribution is -2.02. The Morgan fingerprint density at radius 1 is 1.15 bits per heavy atom. The molecule has 0 unspecified atom stereocenters. The molecule has 0 aliphatic rings. The maximum Gasteiger partial charge on any atom is 0.136 e. The highest BCUT2D eigenvalue weighted by Crippen LogP contribution is 2.12. The monoisotopic (exact) mass is 262 g/mol. The number of pyridine rings is 1. The average molecular weight is 262 g/mol. The number of nitrogens with one attached hydrogen (secondary N) is 1. The highest BCUT2D eigenvalue weighted by molar-refractivity contribution is 5.46. The summed E-state index contributed by atoms with van der Waals surface area (Å²) >= 11 is 0. The zero-order chi connectivity index (χ0) is 13.8. The van der Waals surface area contributed by atoms with Crippen molar-refractivity contribution < 1.29 is 0 Å². The highest BCUT2D eigenvalue weighted by atomic mass is 15.0. The van der Waals surface area contributed by atoms with Crippen molar-refractivity contribution in [3.63, 3.8) is 0 Å². The molecule has 0 aliphatic heterocycles. The lowest BCUT2D eigenvalue weighted by Gasteiger charge is -2.06. The fourth-order valence-corrected chi connectivity index (χ4v) is 2.14. The summed E-state index contributed by atoms with van der Waals surface area (Å²) in [5.41, 5.74) is 4.14. The molecule has 0 spiro atoms. The number of anilines is 1. The quantitative estimate of drug-likeness (QED) is 0.786. The first-order valence-electron chi connectivity index (χ1n) is 6.47. The van der Waals surface area contributed by atoms with Gasteiger partial charge in [0.25, 0.3) is 0 Å². The second-order valence-electron chi connectivity index (χ2n) is 4.56. The number of hydrogen-bond donors (Lipinski definition) is 1. The van der Waals surface area contributed by atoms with Crippen molar-refractivity contribution in [3.8, 4) is 6.07 Å². The summed E-state index contributed by atoms with van der Waals surface area (Å²) in [4.78, 5) is 4.36. The molecule has 0 radical (unpaired) electrons. The van der Waals surface area contributed by atoms with Gasteiger partial charge in [0.2, 0.25) is 0 Å². The van der Waals surface area contributed by atoms with Crippen molar-refractivity contribution in [2.75, 3.05) is 5.32 Å². The van der Waals surface area contributed by atoms with Gasteiger partial charge in [-0.1, -0.05) is 18.2 Å². The summed E-state index contributed by atoms with van der Waals surface area (Å²) < 4.78 is 2.07. The summed E-state index contributed by atoms with van der Waals surface area (Å²) in [5.74, 6) is 0. The first kappa shape index (κ1) is 12.2. The number of rotatable bonds is 4. The second kappa shape index (κ2) is 5.45. The predicted octanol–water partition coefficient (Wildman–Crippen LogP) is 3.01. The molecule has 4 heteroatoms. The van der Waals surface area contributed by atoms with Crippen LogP contribution in [0.15, 0.2) is 54.9 Å². The van der Waals surface area contributed by atoms with Crippen molar-refractivity contribution in [1.29, 1.82) is 5.26 Å². The summed E-state index contributed by atoms with van der Waals surface area (Å²) in [6, 6.07) is 16.0. The van der Waals surface area contributed by atoms with E-state index in [9.17, 15) is 0 Å². The first-order valence-corrected chi connectivity index (χ1v) is 6.47. The number of benzene rings is 1. The topological polar surface area (TPSA) is 53.1 Å². The van der Waals surface area contributed by atoms with Gasteiger partial charge in [0.1, 0.15) is 5.65 Å². The maximum absolute atomic E-state index is 8.64. The molecule has 3 aromatic rings. The van der Waals surface area contributed by atoms with Crippen LogP contribution in [0.25, 0.3) is 5.65 Å². The molecule has 1 aromatic carbocycles. The summed E-state index contributed by atoms with van der Waals surface area (Å²) in [7, 11) is 0. The fraction of sp³-hybridized carbons (Fsp3) is 0.125. The minimum absolute atomic E-state index is 0.452. The molecular weight excluding hydrogens is 248 g/mol. The van der Waals surface area contributed by atoms with Gasteiger partial charge >= 0.3 is 0 Å². The van der Waals surface area contributed by atoms with E-state index < -0.39 is 0 Å². The number of nitrogens with zero attached hydrogens (tertiary/aromatic N) is 3. The van der Waals surface area contributed by atoms with Gasteiger partial charge in [-0.2, -0.15) is 5.26 Å². The van der Waals surface area contributed by atoms with Crippen LogP contribution in [0.5, 0.6) is 0 Å². The Morgan fingerprint density at radius 2 is 2.00 bits per heavy atom. The first-order chi connectivity index (χ1) is 9.86. The minimum atomic E-state index is 0.452. The molecule has 20 heavy (non-hydrogen) atoms. The Balaban J connectivity index is 1.71. The molecule has 2 aromatic heterocycles. The number of aromatic nitrogens is 2. The lowest BCUT2D eigenvalue weighted by molar-refractivity contribution is 1.00. The van der Waals surface area contributed by atoms with E-state index in [0.29, 0.717) is 13.0 Å². The summed E-state index contributed by atoms with van der Waals surface area (Å²) in [6.07, 6.45) is 4.34. The molecule has 0 bridgehead atoms. The Kier molecular flexibility index (Phi) is 3.34. The van der Waals surface area contributed by atoms with E-state index in [0.717, 1.165) is 22.6 Å². The van der Waals surface area contributed by atoms with Gasteiger partial charge < -0.3 is 9.72 Å². The Morgan fingerprint density at radius 3 is 2.80 bits per heavy atom. The number of hydrogen-bond acceptors (Lipinski definition) is 3. The third-order valence-electron chi connectivity index (χ3n) is 3.20. The molecule has 0 fully saturated rings. The van der Waals surface area contributed by atoms with E-state index in [4.69, 9.17) is 5.26 Å². The number of nitriles is 1. The average Bonchev–Trinajstić information content (AvgIpc) is 2.90. The molecule has 0 amide bonds. The van der Waals surface area contributed by atoms with Crippen LogP contribution in [0.2, 0.25) is 0 Å². The molecule has 0 saturated heterocycles. The van der Waals surface area contributed by atoms with Crippen molar-refractivity contribution in [1.82, 2.24) is 9.38 Å². The SMILES string of the molecule is N#CCc1ccc(NCc2cnc3ccccn23)cc1. The van der Waals surface area contributed by atoms with Crippen LogP contribution in [0.3, 0.4) is 0 Å². The number of imidazole rings is 1. The molecule has 1 N–H and O–H groups in total. The number of fused-ring (bicyclic) bond motifs is 1. The molecule has 2 heterocycles. The maximum atomic E-state index is 8.64. The molecule has 98 valence electrons. The smallest absolute Gasteiger partial charge is 0.136 e. The molecule has 0 atom stereocenters. The zero-order valence-corrected chi connectivity index (χ0v) is 11.0. The van der Waals surface area contributed by atoms with Gasteiger partial charge in [0, 0.05) is 11.9 Å². The summed E-state index contributed by atoms with van der Waals surface area (Å²) in [6.45, 7) is 0.711. The van der Waals surface area contributed by atoms with Gasteiger partial charge in [-0.25, -0.2) is 4.98 Å². The van der Waals surface area contributed by atoms with Crippen molar-refractivity contribution in [3.05, 3.63) is 66.1 Å². The lowest BCUT2D eigenvalue weighted by atomic mass is 10.1. The van der Waals surface area contributed by atoms with Gasteiger partial charge in [0.05, 0.1) is 30.9 Å². The predicted molar refractivity (Wildman–Crippen MR) is 78.3 cm³/mol. The third-order valence-corrected chi connectivity index (χ3v) is 3.20. The molecule has 4 nitrogen and oxygen atoms in total. The molecule has 0 saturated carbocycles. The fourth-order valence-electron chi connectivity index (χ4n) is 2.14. The van der Waals surface area contributed by atoms with Gasteiger partial charge in [0.15, 0.2) is 0 Å². The third kappa shape index (κ3) is 2.47. The molecule has 3 rings (SSSR count).